The summed E-state index contributed by atoms with van der Waals surface area (Å²) in [4.78, 5) is 0. The maximum Gasteiger partial charge on any atom is 0.149 e. The maximum absolute atomic E-state index is 10.9. The van der Waals surface area contributed by atoms with E-state index in [1.54, 1.807) is 0 Å². The van der Waals surface area contributed by atoms with Crippen LogP contribution in [0.15, 0.2) is 0 Å². The summed E-state index contributed by atoms with van der Waals surface area (Å²) in [6.07, 6.45) is 3.10. The molecule has 0 bridgehead atoms. The van der Waals surface area contributed by atoms with Crippen molar-refractivity contribution in [2.24, 2.45) is 5.84 Å². The fraction of sp³-hybridized carbons (Fsp3) is 1.00. The number of sulfone groups is 2. The molecule has 6 nitrogen and oxygen atoms in total. The molecular weight excluding hydrogens is 240 g/mol. The summed E-state index contributed by atoms with van der Waals surface area (Å²) < 4.78 is 43.5. The number of nitrogens with one attached hydrogen (secondary N) is 1. The molecule has 0 fully saturated rings. The van der Waals surface area contributed by atoms with Crippen LogP contribution in [0, 0.1) is 0 Å². The zero-order valence-corrected chi connectivity index (χ0v) is 10.6. The number of hydrogen-bond acceptors (Lipinski definition) is 6. The van der Waals surface area contributed by atoms with Crippen molar-refractivity contribution in [1.82, 2.24) is 5.43 Å². The van der Waals surface area contributed by atoms with E-state index in [4.69, 9.17) is 5.84 Å². The molecule has 0 radical (unpaired) electrons. The van der Waals surface area contributed by atoms with E-state index in [1.165, 1.54) is 0 Å². The Labute approximate surface area is 91.0 Å². The average Bonchev–Trinajstić information content (AvgIpc) is 1.97. The molecule has 92 valence electrons. The highest BCUT2D eigenvalue weighted by molar-refractivity contribution is 7.90. The first-order valence-electron chi connectivity index (χ1n) is 4.45. The molecule has 0 aliphatic heterocycles. The van der Waals surface area contributed by atoms with E-state index in [9.17, 15) is 16.8 Å². The standard InChI is InChI=1S/C7H18N2O4S2/c1-14(10,11)5-3-4-7(9-8)6-15(2,12)13/h7,9H,3-6,8H2,1-2H3. The Kier molecular flexibility index (Phi) is 5.71. The summed E-state index contributed by atoms with van der Waals surface area (Å²) in [6, 6.07) is -0.387. The molecule has 0 heterocycles. The third-order valence-electron chi connectivity index (χ3n) is 1.81. The summed E-state index contributed by atoms with van der Waals surface area (Å²) in [5.41, 5.74) is 2.37. The number of rotatable bonds is 7. The van der Waals surface area contributed by atoms with Crippen LogP contribution in [-0.4, -0.2) is 46.9 Å². The van der Waals surface area contributed by atoms with Gasteiger partial charge in [-0.05, 0) is 12.8 Å². The highest BCUT2D eigenvalue weighted by Gasteiger charge is 2.14. The molecule has 0 aromatic heterocycles. The van der Waals surface area contributed by atoms with Crippen LogP contribution < -0.4 is 11.3 Å². The summed E-state index contributed by atoms with van der Waals surface area (Å²) in [6.45, 7) is 0. The molecule has 0 saturated carbocycles. The Morgan fingerprint density at radius 1 is 1.13 bits per heavy atom. The topological polar surface area (TPSA) is 106 Å². The van der Waals surface area contributed by atoms with Crippen LogP contribution in [0.25, 0.3) is 0 Å². The molecule has 0 amide bonds. The van der Waals surface area contributed by atoms with E-state index in [-0.39, 0.29) is 17.5 Å². The van der Waals surface area contributed by atoms with Gasteiger partial charge in [-0.25, -0.2) is 16.8 Å². The second kappa shape index (κ2) is 5.78. The smallest absolute Gasteiger partial charge is 0.149 e. The molecule has 0 aromatic rings. The first-order valence-corrected chi connectivity index (χ1v) is 8.58. The minimum Gasteiger partial charge on any atom is -0.271 e. The van der Waals surface area contributed by atoms with E-state index >= 15 is 0 Å². The third kappa shape index (κ3) is 10.1. The Bertz CT molecular complexity index is 374. The minimum absolute atomic E-state index is 0.0505. The summed E-state index contributed by atoms with van der Waals surface area (Å²) >= 11 is 0. The molecule has 0 spiro atoms. The zero-order valence-electron chi connectivity index (χ0n) is 8.93. The van der Waals surface area contributed by atoms with E-state index in [0.717, 1.165) is 12.5 Å². The first kappa shape index (κ1) is 14.8. The number of hydrazine groups is 1. The van der Waals surface area contributed by atoms with Crippen molar-refractivity contribution in [3.05, 3.63) is 0 Å². The van der Waals surface area contributed by atoms with Crippen LogP contribution in [0.4, 0.5) is 0 Å². The van der Waals surface area contributed by atoms with Crippen LogP contribution >= 0.6 is 0 Å². The van der Waals surface area contributed by atoms with Gasteiger partial charge in [0.25, 0.3) is 0 Å². The Morgan fingerprint density at radius 3 is 2.00 bits per heavy atom. The Hall–Kier alpha value is -0.180. The van der Waals surface area contributed by atoms with Crippen LogP contribution in [0.2, 0.25) is 0 Å². The van der Waals surface area contributed by atoms with E-state index in [1.807, 2.05) is 0 Å². The van der Waals surface area contributed by atoms with Gasteiger partial charge in [-0.3, -0.25) is 11.3 Å². The lowest BCUT2D eigenvalue weighted by atomic mass is 10.2. The van der Waals surface area contributed by atoms with Gasteiger partial charge in [0.15, 0.2) is 0 Å². The molecule has 0 aliphatic carbocycles. The highest BCUT2D eigenvalue weighted by atomic mass is 32.2. The van der Waals surface area contributed by atoms with Crippen molar-refractivity contribution in [2.75, 3.05) is 24.0 Å². The molecule has 0 rings (SSSR count). The van der Waals surface area contributed by atoms with Gasteiger partial charge >= 0.3 is 0 Å². The number of hydrogen-bond donors (Lipinski definition) is 2. The Balaban J connectivity index is 4.03. The molecule has 0 saturated heterocycles. The van der Waals surface area contributed by atoms with Crippen molar-refractivity contribution in [3.63, 3.8) is 0 Å². The molecule has 8 heteroatoms. The van der Waals surface area contributed by atoms with Crippen LogP contribution in [0.5, 0.6) is 0 Å². The normalized spacial score (nSPS) is 15.1. The molecule has 15 heavy (non-hydrogen) atoms. The van der Waals surface area contributed by atoms with Gasteiger partial charge in [0.1, 0.15) is 19.7 Å². The van der Waals surface area contributed by atoms with E-state index in [0.29, 0.717) is 12.8 Å². The molecular formula is C7H18N2O4S2. The van der Waals surface area contributed by atoms with E-state index < -0.39 is 19.7 Å². The van der Waals surface area contributed by atoms with Crippen molar-refractivity contribution in [2.45, 2.75) is 18.9 Å². The van der Waals surface area contributed by atoms with Gasteiger partial charge in [0, 0.05) is 24.3 Å². The zero-order chi connectivity index (χ0) is 12.1. The molecule has 1 unspecified atom stereocenters. The van der Waals surface area contributed by atoms with Crippen LogP contribution in [-0.2, 0) is 19.7 Å². The Morgan fingerprint density at radius 2 is 1.67 bits per heavy atom. The third-order valence-corrected chi connectivity index (χ3v) is 3.85. The average molecular weight is 258 g/mol. The molecule has 3 N–H and O–H groups in total. The predicted octanol–water partition coefficient (Wildman–Crippen LogP) is -1.31. The second-order valence-electron chi connectivity index (χ2n) is 3.73. The van der Waals surface area contributed by atoms with Crippen molar-refractivity contribution in [1.29, 1.82) is 0 Å². The molecule has 0 aromatic carbocycles. The lowest BCUT2D eigenvalue weighted by Gasteiger charge is -2.13. The van der Waals surface area contributed by atoms with Gasteiger partial charge < -0.3 is 0 Å². The highest BCUT2D eigenvalue weighted by Crippen LogP contribution is 2.02. The van der Waals surface area contributed by atoms with Crippen molar-refractivity contribution < 1.29 is 16.8 Å². The fourth-order valence-corrected chi connectivity index (χ4v) is 2.86. The van der Waals surface area contributed by atoms with Gasteiger partial charge in [-0.2, -0.15) is 0 Å². The molecule has 1 atom stereocenters. The van der Waals surface area contributed by atoms with Crippen molar-refractivity contribution >= 4 is 19.7 Å². The number of nitrogens with two attached hydrogens (primary N) is 1. The lowest BCUT2D eigenvalue weighted by Crippen LogP contribution is -2.40. The quantitative estimate of drug-likeness (QED) is 0.434. The molecule has 0 aliphatic rings. The van der Waals surface area contributed by atoms with Crippen LogP contribution in [0.1, 0.15) is 12.8 Å². The van der Waals surface area contributed by atoms with Gasteiger partial charge in [0.05, 0.1) is 5.75 Å². The minimum atomic E-state index is -3.09. The predicted molar refractivity (Wildman–Crippen MR) is 59.8 cm³/mol. The summed E-state index contributed by atoms with van der Waals surface area (Å²) in [5, 5.41) is 0. The summed E-state index contributed by atoms with van der Waals surface area (Å²) in [7, 11) is -6.08. The monoisotopic (exact) mass is 258 g/mol. The lowest BCUT2D eigenvalue weighted by molar-refractivity contribution is 0.513. The largest absolute Gasteiger partial charge is 0.271 e. The van der Waals surface area contributed by atoms with Crippen molar-refractivity contribution in [3.8, 4) is 0 Å². The second-order valence-corrected chi connectivity index (χ2v) is 8.17. The summed E-state index contributed by atoms with van der Waals surface area (Å²) in [5.74, 6) is 5.14. The van der Waals surface area contributed by atoms with E-state index in [2.05, 4.69) is 5.43 Å². The van der Waals surface area contributed by atoms with Gasteiger partial charge in [-0.15, -0.1) is 0 Å². The SMILES string of the molecule is CS(=O)(=O)CCCC(CS(C)(=O)=O)NN. The van der Waals surface area contributed by atoms with Gasteiger partial charge in [0.2, 0.25) is 0 Å². The first-order chi connectivity index (χ1) is 6.64. The van der Waals surface area contributed by atoms with Gasteiger partial charge in [-0.1, -0.05) is 0 Å². The van der Waals surface area contributed by atoms with Crippen LogP contribution in [0.3, 0.4) is 0 Å². The maximum atomic E-state index is 10.9. The fourth-order valence-electron chi connectivity index (χ4n) is 1.17.